The van der Waals surface area contributed by atoms with Gasteiger partial charge in [0.15, 0.2) is 0 Å². The molecule has 1 aliphatic heterocycles. The van der Waals surface area contributed by atoms with Gasteiger partial charge in [0.05, 0.1) is 0 Å². The highest BCUT2D eigenvalue weighted by atomic mass is 16.3. The van der Waals surface area contributed by atoms with Gasteiger partial charge in [0, 0.05) is 25.6 Å². The van der Waals surface area contributed by atoms with Crippen LogP contribution in [0.2, 0.25) is 0 Å². The van der Waals surface area contributed by atoms with Crippen LogP contribution in [0.1, 0.15) is 17.9 Å². The molecular formula is C11H18N2O. The smallest absolute Gasteiger partial charge is 0.105 e. The molecule has 0 saturated carbocycles. The van der Waals surface area contributed by atoms with Gasteiger partial charge in [-0.2, -0.15) is 0 Å². The third kappa shape index (κ3) is 2.59. The van der Waals surface area contributed by atoms with Crippen LogP contribution in [-0.4, -0.2) is 25.7 Å². The molecule has 1 aromatic rings. The molecule has 3 nitrogen and oxygen atoms in total. The molecule has 1 atom stereocenters. The zero-order valence-corrected chi connectivity index (χ0v) is 8.68. The molecule has 0 aliphatic carbocycles. The van der Waals surface area contributed by atoms with Crippen LogP contribution >= 0.6 is 0 Å². The maximum atomic E-state index is 5.49. The van der Waals surface area contributed by atoms with E-state index in [1.165, 1.54) is 6.42 Å². The lowest BCUT2D eigenvalue weighted by Gasteiger charge is -2.09. The van der Waals surface area contributed by atoms with Gasteiger partial charge >= 0.3 is 0 Å². The molecule has 2 heterocycles. The van der Waals surface area contributed by atoms with Gasteiger partial charge in [-0.25, -0.2) is 0 Å². The van der Waals surface area contributed by atoms with Crippen molar-refractivity contribution in [1.29, 1.82) is 0 Å². The lowest BCUT2D eigenvalue weighted by molar-refractivity contribution is 0.463. The summed E-state index contributed by atoms with van der Waals surface area (Å²) < 4.78 is 5.49. The van der Waals surface area contributed by atoms with Crippen LogP contribution in [0.3, 0.4) is 0 Å². The molecule has 0 aromatic carbocycles. The van der Waals surface area contributed by atoms with Crippen molar-refractivity contribution in [2.24, 2.45) is 0 Å². The molecule has 2 N–H and O–H groups in total. The van der Waals surface area contributed by atoms with Crippen LogP contribution in [0.5, 0.6) is 0 Å². The Kier molecular flexibility index (Phi) is 3.22. The lowest BCUT2D eigenvalue weighted by Crippen LogP contribution is -2.32. The standard InChI is InChI=1S/C11H18N2O/c1-9-2-3-11(14-9)5-7-13-10-4-6-12-8-10/h2-3,10,12-13H,4-8H2,1H3. The summed E-state index contributed by atoms with van der Waals surface area (Å²) in [4.78, 5) is 0. The first-order valence-electron chi connectivity index (χ1n) is 5.34. The maximum absolute atomic E-state index is 5.49. The summed E-state index contributed by atoms with van der Waals surface area (Å²) in [6, 6.07) is 4.74. The number of furan rings is 1. The first-order valence-corrected chi connectivity index (χ1v) is 5.34. The van der Waals surface area contributed by atoms with Gasteiger partial charge in [-0.3, -0.25) is 0 Å². The van der Waals surface area contributed by atoms with Gasteiger partial charge in [0.25, 0.3) is 0 Å². The Bertz CT molecular complexity index is 277. The average molecular weight is 194 g/mol. The quantitative estimate of drug-likeness (QED) is 0.753. The topological polar surface area (TPSA) is 37.2 Å². The van der Waals surface area contributed by atoms with E-state index < -0.39 is 0 Å². The fourth-order valence-electron chi connectivity index (χ4n) is 1.85. The predicted octanol–water partition coefficient (Wildman–Crippen LogP) is 1.08. The normalized spacial score (nSPS) is 21.6. The second-order valence-corrected chi connectivity index (χ2v) is 3.91. The van der Waals surface area contributed by atoms with Gasteiger partial charge < -0.3 is 15.1 Å². The highest BCUT2D eigenvalue weighted by Gasteiger charge is 2.12. The monoisotopic (exact) mass is 194 g/mol. The molecule has 14 heavy (non-hydrogen) atoms. The fourth-order valence-corrected chi connectivity index (χ4v) is 1.85. The third-order valence-corrected chi connectivity index (χ3v) is 2.66. The summed E-state index contributed by atoms with van der Waals surface area (Å²) in [6.45, 7) is 5.26. The average Bonchev–Trinajstić information content (AvgIpc) is 2.77. The molecule has 1 aromatic heterocycles. The van der Waals surface area contributed by atoms with Crippen LogP contribution in [0.4, 0.5) is 0 Å². The Hall–Kier alpha value is -0.800. The molecule has 78 valence electrons. The Balaban J connectivity index is 1.67. The van der Waals surface area contributed by atoms with E-state index in [4.69, 9.17) is 4.42 Å². The molecule has 0 amide bonds. The van der Waals surface area contributed by atoms with Crippen LogP contribution in [0.25, 0.3) is 0 Å². The van der Waals surface area contributed by atoms with Gasteiger partial charge in [-0.15, -0.1) is 0 Å². The molecule has 1 saturated heterocycles. The number of hydrogen-bond donors (Lipinski definition) is 2. The van der Waals surface area contributed by atoms with Crippen LogP contribution in [0, 0.1) is 6.92 Å². The van der Waals surface area contributed by atoms with Crippen molar-refractivity contribution >= 4 is 0 Å². The second kappa shape index (κ2) is 4.62. The lowest BCUT2D eigenvalue weighted by atomic mass is 10.2. The van der Waals surface area contributed by atoms with E-state index in [-0.39, 0.29) is 0 Å². The Morgan fingerprint density at radius 2 is 2.50 bits per heavy atom. The number of rotatable bonds is 4. The van der Waals surface area contributed by atoms with Crippen LogP contribution in [-0.2, 0) is 6.42 Å². The molecule has 1 unspecified atom stereocenters. The first-order chi connectivity index (χ1) is 6.84. The zero-order chi connectivity index (χ0) is 9.80. The Labute approximate surface area is 84.9 Å². The molecule has 1 aliphatic rings. The van der Waals surface area contributed by atoms with Crippen LogP contribution < -0.4 is 10.6 Å². The summed E-state index contributed by atoms with van der Waals surface area (Å²) in [7, 11) is 0. The largest absolute Gasteiger partial charge is 0.466 e. The molecule has 3 heteroatoms. The summed E-state index contributed by atoms with van der Waals surface area (Å²) in [5.74, 6) is 2.09. The van der Waals surface area contributed by atoms with Crippen molar-refractivity contribution in [3.63, 3.8) is 0 Å². The van der Waals surface area contributed by atoms with E-state index in [2.05, 4.69) is 16.7 Å². The minimum absolute atomic E-state index is 0.658. The minimum atomic E-state index is 0.658. The van der Waals surface area contributed by atoms with E-state index in [1.54, 1.807) is 0 Å². The van der Waals surface area contributed by atoms with Crippen LogP contribution in [0.15, 0.2) is 16.5 Å². The molecule has 2 rings (SSSR count). The van der Waals surface area contributed by atoms with Crippen molar-refractivity contribution in [1.82, 2.24) is 10.6 Å². The highest BCUT2D eigenvalue weighted by molar-refractivity contribution is 5.05. The minimum Gasteiger partial charge on any atom is -0.466 e. The summed E-state index contributed by atoms with van der Waals surface area (Å²) in [5, 5.41) is 6.86. The van der Waals surface area contributed by atoms with Gasteiger partial charge in [-0.05, 0) is 32.0 Å². The van der Waals surface area contributed by atoms with E-state index in [9.17, 15) is 0 Å². The predicted molar refractivity (Wildman–Crippen MR) is 56.4 cm³/mol. The summed E-state index contributed by atoms with van der Waals surface area (Å²) in [6.07, 6.45) is 2.24. The van der Waals surface area contributed by atoms with Crippen molar-refractivity contribution in [2.45, 2.75) is 25.8 Å². The first kappa shape index (κ1) is 9.74. The van der Waals surface area contributed by atoms with E-state index in [1.807, 2.05) is 13.0 Å². The highest BCUT2D eigenvalue weighted by Crippen LogP contribution is 2.06. The third-order valence-electron chi connectivity index (χ3n) is 2.66. The van der Waals surface area contributed by atoms with E-state index >= 15 is 0 Å². The molecular weight excluding hydrogens is 176 g/mol. The van der Waals surface area contributed by atoms with E-state index in [0.717, 1.165) is 37.6 Å². The van der Waals surface area contributed by atoms with Gasteiger partial charge in [0.1, 0.15) is 11.5 Å². The van der Waals surface area contributed by atoms with Crippen molar-refractivity contribution < 1.29 is 4.42 Å². The van der Waals surface area contributed by atoms with Gasteiger partial charge in [-0.1, -0.05) is 0 Å². The molecule has 1 fully saturated rings. The second-order valence-electron chi connectivity index (χ2n) is 3.91. The molecule has 0 bridgehead atoms. The fraction of sp³-hybridized carbons (Fsp3) is 0.636. The van der Waals surface area contributed by atoms with Crippen molar-refractivity contribution in [2.75, 3.05) is 19.6 Å². The Morgan fingerprint density at radius 3 is 3.14 bits per heavy atom. The number of hydrogen-bond acceptors (Lipinski definition) is 3. The summed E-state index contributed by atoms with van der Waals surface area (Å²) in [5.41, 5.74) is 0. The molecule has 0 spiro atoms. The van der Waals surface area contributed by atoms with Crippen molar-refractivity contribution in [3.05, 3.63) is 23.7 Å². The zero-order valence-electron chi connectivity index (χ0n) is 8.68. The van der Waals surface area contributed by atoms with E-state index in [0.29, 0.717) is 6.04 Å². The molecule has 0 radical (unpaired) electrons. The van der Waals surface area contributed by atoms with Crippen molar-refractivity contribution in [3.8, 4) is 0 Å². The maximum Gasteiger partial charge on any atom is 0.105 e. The Morgan fingerprint density at radius 1 is 1.57 bits per heavy atom. The summed E-state index contributed by atoms with van der Waals surface area (Å²) >= 11 is 0. The SMILES string of the molecule is Cc1ccc(CCNC2CCNC2)o1. The van der Waals surface area contributed by atoms with Gasteiger partial charge in [0.2, 0.25) is 0 Å². The number of aryl methyl sites for hydroxylation is 1. The number of nitrogens with one attached hydrogen (secondary N) is 2.